The Morgan fingerprint density at radius 3 is 2.38 bits per heavy atom. The first-order valence-corrected chi connectivity index (χ1v) is 11.2. The molecule has 2 aliphatic rings. The lowest BCUT2D eigenvalue weighted by atomic mass is 9.89. The molecule has 0 saturated carbocycles. The first-order chi connectivity index (χ1) is 14.0. The summed E-state index contributed by atoms with van der Waals surface area (Å²) in [6.07, 6.45) is 5.07. The van der Waals surface area contributed by atoms with Crippen LogP contribution in [0, 0.1) is 19.8 Å². The lowest BCUT2D eigenvalue weighted by molar-refractivity contribution is 0.174. The first-order valence-electron chi connectivity index (χ1n) is 11.2. The Hall–Kier alpha value is -2.06. The molecule has 2 nitrogen and oxygen atoms in total. The van der Waals surface area contributed by atoms with Gasteiger partial charge in [-0.3, -0.25) is 4.90 Å². The van der Waals surface area contributed by atoms with Gasteiger partial charge < -0.3 is 4.74 Å². The molecule has 1 aliphatic heterocycles. The van der Waals surface area contributed by atoms with Crippen molar-refractivity contribution < 1.29 is 4.74 Å². The molecule has 0 aromatic heterocycles. The second-order valence-electron chi connectivity index (χ2n) is 9.28. The maximum Gasteiger partial charge on any atom is 0.126 e. The van der Waals surface area contributed by atoms with E-state index in [0.717, 1.165) is 18.9 Å². The molecule has 2 heteroatoms. The molecule has 0 radical (unpaired) electrons. The Bertz CT molecular complexity index is 873. The van der Waals surface area contributed by atoms with Gasteiger partial charge in [0.25, 0.3) is 0 Å². The molecular weight excluding hydrogens is 354 g/mol. The summed E-state index contributed by atoms with van der Waals surface area (Å²) in [5, 5.41) is 0. The highest BCUT2D eigenvalue weighted by atomic mass is 16.5. The molecule has 0 bridgehead atoms. The molecule has 0 atom stereocenters. The highest BCUT2D eigenvalue weighted by Gasteiger charge is 2.28. The number of fused-ring (bicyclic) bond motifs is 1. The summed E-state index contributed by atoms with van der Waals surface area (Å²) in [7, 11) is 0. The van der Waals surface area contributed by atoms with Crippen molar-refractivity contribution in [1.29, 1.82) is 0 Å². The number of nitrogens with zero attached hydrogens (tertiary/aromatic N) is 1. The molecular formula is C27H35NO. The molecule has 0 N–H and O–H groups in total. The van der Waals surface area contributed by atoms with Crippen molar-refractivity contribution in [2.45, 2.75) is 66.0 Å². The maximum absolute atomic E-state index is 6.36. The topological polar surface area (TPSA) is 12.5 Å². The van der Waals surface area contributed by atoms with Crippen LogP contribution in [0.2, 0.25) is 0 Å². The summed E-state index contributed by atoms with van der Waals surface area (Å²) >= 11 is 0. The zero-order valence-electron chi connectivity index (χ0n) is 18.5. The summed E-state index contributed by atoms with van der Waals surface area (Å²) in [5.41, 5.74) is 8.52. The SMILES string of the molecule is Cc1cc2c(cc1C)C(OC(C)C)=C(CC1CCN(Cc3ccccc3)CC1)C2. The average molecular weight is 390 g/mol. The second-order valence-corrected chi connectivity index (χ2v) is 9.28. The molecule has 1 heterocycles. The lowest BCUT2D eigenvalue weighted by Gasteiger charge is -2.32. The maximum atomic E-state index is 6.36. The Morgan fingerprint density at radius 2 is 1.69 bits per heavy atom. The summed E-state index contributed by atoms with van der Waals surface area (Å²) in [5.74, 6) is 1.96. The summed E-state index contributed by atoms with van der Waals surface area (Å²) in [4.78, 5) is 2.61. The van der Waals surface area contributed by atoms with Gasteiger partial charge >= 0.3 is 0 Å². The van der Waals surface area contributed by atoms with E-state index in [1.807, 2.05) is 0 Å². The van der Waals surface area contributed by atoms with Gasteiger partial charge in [0.05, 0.1) is 6.10 Å². The van der Waals surface area contributed by atoms with E-state index in [9.17, 15) is 0 Å². The van der Waals surface area contributed by atoms with Crippen LogP contribution in [0.3, 0.4) is 0 Å². The van der Waals surface area contributed by atoms with E-state index in [0.29, 0.717) is 0 Å². The van der Waals surface area contributed by atoms with E-state index < -0.39 is 0 Å². The van der Waals surface area contributed by atoms with Crippen LogP contribution in [0.25, 0.3) is 5.76 Å². The average Bonchev–Trinajstić information content (AvgIpc) is 3.00. The third-order valence-corrected chi connectivity index (χ3v) is 6.53. The van der Waals surface area contributed by atoms with Crippen molar-refractivity contribution >= 4 is 5.76 Å². The van der Waals surface area contributed by atoms with Crippen molar-refractivity contribution in [3.05, 3.63) is 75.9 Å². The Balaban J connectivity index is 1.42. The summed E-state index contributed by atoms with van der Waals surface area (Å²) in [6.45, 7) is 12.2. The number of aryl methyl sites for hydroxylation is 2. The summed E-state index contributed by atoms with van der Waals surface area (Å²) in [6, 6.07) is 15.6. The van der Waals surface area contributed by atoms with Gasteiger partial charge in [-0.2, -0.15) is 0 Å². The molecule has 154 valence electrons. The molecule has 0 spiro atoms. The van der Waals surface area contributed by atoms with Crippen LogP contribution in [-0.4, -0.2) is 24.1 Å². The van der Waals surface area contributed by atoms with Crippen molar-refractivity contribution in [2.24, 2.45) is 5.92 Å². The van der Waals surface area contributed by atoms with Gasteiger partial charge in [0.2, 0.25) is 0 Å². The van der Waals surface area contributed by atoms with Crippen LogP contribution in [0.1, 0.15) is 60.9 Å². The number of likely N-dealkylation sites (tertiary alicyclic amines) is 1. The number of ether oxygens (including phenoxy) is 1. The molecule has 2 aromatic carbocycles. The van der Waals surface area contributed by atoms with Gasteiger partial charge in [0.15, 0.2) is 0 Å². The Morgan fingerprint density at radius 1 is 1.00 bits per heavy atom. The monoisotopic (exact) mass is 389 g/mol. The molecule has 4 rings (SSSR count). The standard InChI is InChI=1S/C27H35NO/c1-19(2)29-27-25(17-24-14-20(3)21(4)15-26(24)27)16-22-10-12-28(13-11-22)18-23-8-6-5-7-9-23/h5-9,14-15,19,22H,10-13,16-18H2,1-4H3. The van der Waals surface area contributed by atoms with Crippen LogP contribution in [0.4, 0.5) is 0 Å². The van der Waals surface area contributed by atoms with Gasteiger partial charge in [-0.05, 0) is 106 Å². The second kappa shape index (κ2) is 8.75. The minimum atomic E-state index is 0.222. The zero-order chi connectivity index (χ0) is 20.4. The minimum Gasteiger partial charge on any atom is -0.490 e. The van der Waals surface area contributed by atoms with Gasteiger partial charge in [0.1, 0.15) is 5.76 Å². The zero-order valence-corrected chi connectivity index (χ0v) is 18.5. The van der Waals surface area contributed by atoms with Gasteiger partial charge in [0, 0.05) is 12.1 Å². The summed E-state index contributed by atoms with van der Waals surface area (Å²) < 4.78 is 6.36. The smallest absolute Gasteiger partial charge is 0.126 e. The van der Waals surface area contributed by atoms with Gasteiger partial charge in [-0.15, -0.1) is 0 Å². The van der Waals surface area contributed by atoms with Gasteiger partial charge in [-0.25, -0.2) is 0 Å². The van der Waals surface area contributed by atoms with E-state index in [4.69, 9.17) is 4.74 Å². The molecule has 1 aliphatic carbocycles. The predicted octanol–water partition coefficient (Wildman–Crippen LogP) is 6.30. The van der Waals surface area contributed by atoms with Crippen LogP contribution in [-0.2, 0) is 17.7 Å². The highest BCUT2D eigenvalue weighted by molar-refractivity contribution is 5.73. The molecule has 1 fully saturated rings. The lowest BCUT2D eigenvalue weighted by Crippen LogP contribution is -2.33. The molecule has 1 saturated heterocycles. The molecule has 0 amide bonds. The normalized spacial score (nSPS) is 17.8. The number of piperidine rings is 1. The van der Waals surface area contributed by atoms with E-state index in [2.05, 4.69) is 75.1 Å². The van der Waals surface area contributed by atoms with E-state index >= 15 is 0 Å². The Kier molecular flexibility index (Phi) is 6.10. The third kappa shape index (κ3) is 4.75. The Labute approximate surface area is 176 Å². The molecule has 0 unspecified atom stereocenters. The van der Waals surface area contributed by atoms with E-state index in [-0.39, 0.29) is 6.10 Å². The number of allylic oxidation sites excluding steroid dienone is 1. The van der Waals surface area contributed by atoms with E-state index in [1.54, 1.807) is 0 Å². The van der Waals surface area contributed by atoms with Crippen molar-refractivity contribution in [1.82, 2.24) is 4.90 Å². The van der Waals surface area contributed by atoms with Crippen molar-refractivity contribution in [3.63, 3.8) is 0 Å². The van der Waals surface area contributed by atoms with Crippen molar-refractivity contribution in [3.8, 4) is 0 Å². The first kappa shape index (κ1) is 20.2. The number of hydrogen-bond acceptors (Lipinski definition) is 2. The van der Waals surface area contributed by atoms with Crippen LogP contribution < -0.4 is 0 Å². The highest BCUT2D eigenvalue weighted by Crippen LogP contribution is 2.40. The minimum absolute atomic E-state index is 0.222. The quantitative estimate of drug-likeness (QED) is 0.575. The fourth-order valence-electron chi connectivity index (χ4n) is 4.82. The number of rotatable bonds is 6. The van der Waals surface area contributed by atoms with Crippen LogP contribution >= 0.6 is 0 Å². The number of hydrogen-bond donors (Lipinski definition) is 0. The fourth-order valence-corrected chi connectivity index (χ4v) is 4.82. The largest absolute Gasteiger partial charge is 0.490 e. The van der Waals surface area contributed by atoms with Crippen LogP contribution in [0.5, 0.6) is 0 Å². The van der Waals surface area contributed by atoms with E-state index in [1.165, 1.54) is 71.5 Å². The predicted molar refractivity (Wildman–Crippen MR) is 122 cm³/mol. The van der Waals surface area contributed by atoms with Crippen LogP contribution in [0.15, 0.2) is 48.0 Å². The third-order valence-electron chi connectivity index (χ3n) is 6.53. The molecule has 29 heavy (non-hydrogen) atoms. The fraction of sp³-hybridized carbons (Fsp3) is 0.481. The molecule has 2 aromatic rings. The number of benzene rings is 2. The van der Waals surface area contributed by atoms with Gasteiger partial charge in [-0.1, -0.05) is 36.4 Å². The van der Waals surface area contributed by atoms with Crippen molar-refractivity contribution in [2.75, 3.05) is 13.1 Å².